The maximum atomic E-state index is 12.2. The molecule has 1 amide bonds. The molecule has 0 aliphatic rings. The third-order valence-corrected chi connectivity index (χ3v) is 4.90. The Balaban J connectivity index is 1.91. The normalized spacial score (nSPS) is 10.4. The van der Waals surface area contributed by atoms with E-state index in [2.05, 4.69) is 31.9 Å². The van der Waals surface area contributed by atoms with Crippen molar-refractivity contribution in [1.82, 2.24) is 4.90 Å². The summed E-state index contributed by atoms with van der Waals surface area (Å²) in [4.78, 5) is 14.0. The molecule has 0 saturated heterocycles. The van der Waals surface area contributed by atoms with Crippen molar-refractivity contribution in [2.24, 2.45) is 0 Å². The van der Waals surface area contributed by atoms with Crippen LogP contribution in [0.25, 0.3) is 0 Å². The van der Waals surface area contributed by atoms with E-state index in [0.29, 0.717) is 13.0 Å². The summed E-state index contributed by atoms with van der Waals surface area (Å²) in [5.41, 5.74) is 2.29. The van der Waals surface area contributed by atoms with Gasteiger partial charge in [-0.15, -0.1) is 0 Å². The number of rotatable bonds is 5. The summed E-state index contributed by atoms with van der Waals surface area (Å²) >= 11 is 7.03. The zero-order chi connectivity index (χ0) is 15.2. The Morgan fingerprint density at radius 1 is 0.952 bits per heavy atom. The van der Waals surface area contributed by atoms with Crippen molar-refractivity contribution in [3.63, 3.8) is 0 Å². The molecule has 0 unspecified atom stereocenters. The van der Waals surface area contributed by atoms with E-state index in [0.717, 1.165) is 20.9 Å². The van der Waals surface area contributed by atoms with Crippen LogP contribution in [-0.4, -0.2) is 17.9 Å². The summed E-state index contributed by atoms with van der Waals surface area (Å²) in [6.45, 7) is 0.621. The van der Waals surface area contributed by atoms with Gasteiger partial charge >= 0.3 is 0 Å². The standard InChI is InChI=1S/C17H17Br2NO/c1-20(12-14-7-3-5-9-16(14)19)17(21)11-10-13-6-2-4-8-15(13)18/h2-9H,10-12H2,1H3. The lowest BCUT2D eigenvalue weighted by Gasteiger charge is -2.18. The predicted molar refractivity (Wildman–Crippen MR) is 93.1 cm³/mol. The largest absolute Gasteiger partial charge is 0.341 e. The van der Waals surface area contributed by atoms with E-state index in [-0.39, 0.29) is 5.91 Å². The fourth-order valence-corrected chi connectivity index (χ4v) is 3.00. The van der Waals surface area contributed by atoms with E-state index in [1.54, 1.807) is 4.90 Å². The number of halogens is 2. The first-order valence-electron chi connectivity index (χ1n) is 6.78. The number of benzene rings is 2. The molecule has 0 N–H and O–H groups in total. The molecule has 0 aromatic heterocycles. The van der Waals surface area contributed by atoms with Crippen molar-refractivity contribution >= 4 is 37.8 Å². The van der Waals surface area contributed by atoms with Gasteiger partial charge in [-0.2, -0.15) is 0 Å². The van der Waals surface area contributed by atoms with Crippen LogP contribution in [0, 0.1) is 0 Å². The fraction of sp³-hybridized carbons (Fsp3) is 0.235. The molecule has 4 heteroatoms. The molecule has 21 heavy (non-hydrogen) atoms. The monoisotopic (exact) mass is 409 g/mol. The van der Waals surface area contributed by atoms with E-state index in [1.165, 1.54) is 5.56 Å². The first-order chi connectivity index (χ1) is 10.1. The highest BCUT2D eigenvalue weighted by atomic mass is 79.9. The summed E-state index contributed by atoms with van der Waals surface area (Å²) < 4.78 is 2.10. The summed E-state index contributed by atoms with van der Waals surface area (Å²) in [5.74, 6) is 0.154. The van der Waals surface area contributed by atoms with Gasteiger partial charge in [-0.3, -0.25) is 4.79 Å². The van der Waals surface area contributed by atoms with Gasteiger partial charge in [0, 0.05) is 29.0 Å². The maximum Gasteiger partial charge on any atom is 0.222 e. The molecule has 2 aromatic rings. The molecule has 0 spiro atoms. The van der Waals surface area contributed by atoms with Crippen LogP contribution in [0.15, 0.2) is 57.5 Å². The minimum atomic E-state index is 0.154. The molecular formula is C17H17Br2NO. The number of carbonyl (C=O) groups excluding carboxylic acids is 1. The second-order valence-corrected chi connectivity index (χ2v) is 6.64. The topological polar surface area (TPSA) is 20.3 Å². The molecule has 0 fully saturated rings. The number of aryl methyl sites for hydroxylation is 1. The predicted octanol–water partition coefficient (Wildman–Crippen LogP) is 4.80. The SMILES string of the molecule is CN(Cc1ccccc1Br)C(=O)CCc1ccccc1Br. The zero-order valence-corrected chi connectivity index (χ0v) is 15.0. The highest BCUT2D eigenvalue weighted by Crippen LogP contribution is 2.19. The minimum absolute atomic E-state index is 0.154. The molecule has 2 nitrogen and oxygen atoms in total. The molecule has 2 rings (SSSR count). The number of amides is 1. The molecule has 0 saturated carbocycles. The second-order valence-electron chi connectivity index (χ2n) is 4.93. The van der Waals surface area contributed by atoms with Crippen LogP contribution in [0.4, 0.5) is 0 Å². The Bertz CT molecular complexity index is 628. The van der Waals surface area contributed by atoms with Crippen molar-refractivity contribution in [3.8, 4) is 0 Å². The molecule has 0 radical (unpaired) electrons. The van der Waals surface area contributed by atoms with Gasteiger partial charge in [0.2, 0.25) is 5.91 Å². The Kier molecular flexibility index (Phi) is 6.00. The summed E-state index contributed by atoms with van der Waals surface area (Å²) in [7, 11) is 1.85. The van der Waals surface area contributed by atoms with Gasteiger partial charge in [-0.25, -0.2) is 0 Å². The van der Waals surface area contributed by atoms with Gasteiger partial charge in [0.1, 0.15) is 0 Å². The third kappa shape index (κ3) is 4.68. The van der Waals surface area contributed by atoms with Gasteiger partial charge in [0.25, 0.3) is 0 Å². The van der Waals surface area contributed by atoms with Crippen LogP contribution in [-0.2, 0) is 17.8 Å². The molecule has 0 atom stereocenters. The van der Waals surface area contributed by atoms with Crippen molar-refractivity contribution in [2.75, 3.05) is 7.05 Å². The van der Waals surface area contributed by atoms with Gasteiger partial charge in [0.05, 0.1) is 0 Å². The number of carbonyl (C=O) groups is 1. The number of hydrogen-bond acceptors (Lipinski definition) is 1. The quantitative estimate of drug-likeness (QED) is 0.692. The lowest BCUT2D eigenvalue weighted by atomic mass is 10.1. The maximum absolute atomic E-state index is 12.2. The Hall–Kier alpha value is -1.13. The van der Waals surface area contributed by atoms with Crippen molar-refractivity contribution in [1.29, 1.82) is 0 Å². The van der Waals surface area contributed by atoms with Crippen LogP contribution >= 0.6 is 31.9 Å². The summed E-state index contributed by atoms with van der Waals surface area (Å²) in [5, 5.41) is 0. The molecule has 2 aromatic carbocycles. The first kappa shape index (κ1) is 16.2. The number of hydrogen-bond donors (Lipinski definition) is 0. The highest BCUT2D eigenvalue weighted by Gasteiger charge is 2.11. The van der Waals surface area contributed by atoms with Crippen LogP contribution in [0.2, 0.25) is 0 Å². The van der Waals surface area contributed by atoms with E-state index in [4.69, 9.17) is 0 Å². The molecule has 110 valence electrons. The van der Waals surface area contributed by atoms with E-state index >= 15 is 0 Å². The lowest BCUT2D eigenvalue weighted by Crippen LogP contribution is -2.26. The van der Waals surface area contributed by atoms with Crippen LogP contribution in [0.5, 0.6) is 0 Å². The van der Waals surface area contributed by atoms with Gasteiger partial charge < -0.3 is 4.90 Å². The molecule has 0 bridgehead atoms. The average Bonchev–Trinajstić information content (AvgIpc) is 2.48. The van der Waals surface area contributed by atoms with E-state index in [1.807, 2.05) is 55.6 Å². The van der Waals surface area contributed by atoms with Gasteiger partial charge in [-0.05, 0) is 29.7 Å². The smallest absolute Gasteiger partial charge is 0.222 e. The van der Waals surface area contributed by atoms with Gasteiger partial charge in [0.15, 0.2) is 0 Å². The Labute approximate surface area is 142 Å². The van der Waals surface area contributed by atoms with Crippen molar-refractivity contribution in [2.45, 2.75) is 19.4 Å². The lowest BCUT2D eigenvalue weighted by molar-refractivity contribution is -0.130. The first-order valence-corrected chi connectivity index (χ1v) is 8.37. The van der Waals surface area contributed by atoms with E-state index in [9.17, 15) is 4.79 Å². The Morgan fingerprint density at radius 3 is 2.05 bits per heavy atom. The van der Waals surface area contributed by atoms with Crippen LogP contribution < -0.4 is 0 Å². The molecular weight excluding hydrogens is 394 g/mol. The average molecular weight is 411 g/mol. The second kappa shape index (κ2) is 7.76. The van der Waals surface area contributed by atoms with Crippen molar-refractivity contribution in [3.05, 3.63) is 68.6 Å². The molecule has 0 aliphatic carbocycles. The third-order valence-electron chi connectivity index (χ3n) is 3.36. The summed E-state index contributed by atoms with van der Waals surface area (Å²) in [6.07, 6.45) is 1.27. The van der Waals surface area contributed by atoms with Gasteiger partial charge in [-0.1, -0.05) is 68.3 Å². The van der Waals surface area contributed by atoms with Crippen LogP contribution in [0.3, 0.4) is 0 Å². The summed E-state index contributed by atoms with van der Waals surface area (Å²) in [6, 6.07) is 16.0. The number of nitrogens with zero attached hydrogens (tertiary/aromatic N) is 1. The zero-order valence-electron chi connectivity index (χ0n) is 11.9. The van der Waals surface area contributed by atoms with Crippen LogP contribution in [0.1, 0.15) is 17.5 Å². The van der Waals surface area contributed by atoms with Crippen molar-refractivity contribution < 1.29 is 4.79 Å². The fourth-order valence-electron chi connectivity index (χ4n) is 2.10. The van der Waals surface area contributed by atoms with E-state index < -0.39 is 0 Å². The molecule has 0 heterocycles. The highest BCUT2D eigenvalue weighted by molar-refractivity contribution is 9.10. The minimum Gasteiger partial charge on any atom is -0.341 e. The molecule has 0 aliphatic heterocycles. The Morgan fingerprint density at radius 2 is 1.48 bits per heavy atom.